The molecule has 2 aromatic heterocycles. The zero-order valence-electron chi connectivity index (χ0n) is 11.5. The van der Waals surface area contributed by atoms with Gasteiger partial charge in [-0.1, -0.05) is 6.92 Å². The van der Waals surface area contributed by atoms with Crippen LogP contribution in [0.2, 0.25) is 0 Å². The molecule has 0 atom stereocenters. The van der Waals surface area contributed by atoms with Crippen LogP contribution >= 0.6 is 11.3 Å². The highest BCUT2D eigenvalue weighted by Crippen LogP contribution is 2.28. The molecule has 0 aliphatic carbocycles. The Morgan fingerprint density at radius 3 is 2.84 bits per heavy atom. The van der Waals surface area contributed by atoms with Gasteiger partial charge >= 0.3 is 0 Å². The second-order valence-electron chi connectivity index (χ2n) is 5.13. The average Bonchev–Trinajstić information content (AvgIpc) is 2.84. The van der Waals surface area contributed by atoms with E-state index in [0.29, 0.717) is 5.95 Å². The Kier molecular flexibility index (Phi) is 4.21. The van der Waals surface area contributed by atoms with Crippen molar-refractivity contribution >= 4 is 33.3 Å². The van der Waals surface area contributed by atoms with Gasteiger partial charge in [0.2, 0.25) is 5.95 Å². The summed E-state index contributed by atoms with van der Waals surface area (Å²) in [5.74, 6) is 1.40. The Hall–Kier alpha value is -1.40. The number of thiophene rings is 1. The predicted octanol–water partition coefficient (Wildman–Crippen LogP) is 2.70. The average molecular weight is 280 g/mol. The van der Waals surface area contributed by atoms with Gasteiger partial charge in [0.15, 0.2) is 0 Å². The Labute approximate surface area is 117 Å². The molecule has 2 heterocycles. The third kappa shape index (κ3) is 3.33. The van der Waals surface area contributed by atoms with Crippen LogP contribution in [0.5, 0.6) is 0 Å². The van der Waals surface area contributed by atoms with Crippen LogP contribution in [-0.2, 0) is 0 Å². The van der Waals surface area contributed by atoms with E-state index >= 15 is 0 Å². The van der Waals surface area contributed by atoms with Crippen LogP contribution in [0.1, 0.15) is 27.2 Å². The second-order valence-corrected chi connectivity index (χ2v) is 6.02. The van der Waals surface area contributed by atoms with Crippen molar-refractivity contribution in [1.82, 2.24) is 9.97 Å². The zero-order valence-corrected chi connectivity index (χ0v) is 12.3. The van der Waals surface area contributed by atoms with Crippen LogP contribution in [0.15, 0.2) is 11.4 Å². The van der Waals surface area contributed by atoms with Crippen LogP contribution in [0, 0.1) is 0 Å². The van der Waals surface area contributed by atoms with Crippen molar-refractivity contribution in [1.29, 1.82) is 0 Å². The van der Waals surface area contributed by atoms with Crippen molar-refractivity contribution in [2.24, 2.45) is 0 Å². The molecule has 0 fully saturated rings. The van der Waals surface area contributed by atoms with Crippen molar-refractivity contribution in [3.05, 3.63) is 11.4 Å². The zero-order chi connectivity index (χ0) is 13.9. The van der Waals surface area contributed by atoms with Crippen LogP contribution in [-0.4, -0.2) is 33.8 Å². The monoisotopic (exact) mass is 280 g/mol. The highest BCUT2D eigenvalue weighted by Gasteiger charge is 2.19. The molecule has 19 heavy (non-hydrogen) atoms. The fourth-order valence-electron chi connectivity index (χ4n) is 1.63. The molecule has 0 spiro atoms. The number of fused-ring (bicyclic) bond motifs is 1. The lowest BCUT2D eigenvalue weighted by molar-refractivity contribution is 0.234. The van der Waals surface area contributed by atoms with E-state index in [4.69, 9.17) is 0 Å². The molecular formula is C13H20N4OS. The minimum Gasteiger partial charge on any atom is -0.394 e. The molecule has 0 aliphatic rings. The fraction of sp³-hybridized carbons (Fsp3) is 0.538. The minimum atomic E-state index is -0.411. The largest absolute Gasteiger partial charge is 0.394 e. The van der Waals surface area contributed by atoms with Gasteiger partial charge in [0.1, 0.15) is 10.6 Å². The van der Waals surface area contributed by atoms with E-state index in [0.717, 1.165) is 29.0 Å². The van der Waals surface area contributed by atoms with E-state index < -0.39 is 5.54 Å². The van der Waals surface area contributed by atoms with Crippen molar-refractivity contribution in [3.8, 4) is 0 Å². The molecule has 104 valence electrons. The maximum Gasteiger partial charge on any atom is 0.226 e. The standard InChI is InChI=1S/C13H20N4OS/c1-4-6-14-12-15-10(17-13(2,3)8-18)9-5-7-19-11(9)16-12/h5,7,18H,4,6,8H2,1-3H3,(H2,14,15,16,17). The van der Waals surface area contributed by atoms with E-state index in [2.05, 4.69) is 27.5 Å². The van der Waals surface area contributed by atoms with E-state index in [-0.39, 0.29) is 6.61 Å². The first kappa shape index (κ1) is 14.0. The Morgan fingerprint density at radius 1 is 1.37 bits per heavy atom. The van der Waals surface area contributed by atoms with Crippen LogP contribution < -0.4 is 10.6 Å². The number of aliphatic hydroxyl groups excluding tert-OH is 1. The third-order valence-corrected chi connectivity index (χ3v) is 3.52. The number of nitrogens with zero attached hydrogens (tertiary/aromatic N) is 2. The molecule has 2 rings (SSSR count). The first-order valence-corrected chi connectivity index (χ1v) is 7.32. The van der Waals surface area contributed by atoms with Gasteiger partial charge < -0.3 is 15.7 Å². The van der Waals surface area contributed by atoms with Gasteiger partial charge in [0.05, 0.1) is 17.5 Å². The molecule has 2 aromatic rings. The molecule has 5 nitrogen and oxygen atoms in total. The van der Waals surface area contributed by atoms with Crippen molar-refractivity contribution in [2.45, 2.75) is 32.7 Å². The summed E-state index contributed by atoms with van der Waals surface area (Å²) in [4.78, 5) is 9.94. The first-order chi connectivity index (χ1) is 9.05. The predicted molar refractivity (Wildman–Crippen MR) is 81.0 cm³/mol. The number of nitrogens with one attached hydrogen (secondary N) is 2. The molecule has 0 aromatic carbocycles. The molecule has 0 saturated heterocycles. The molecular weight excluding hydrogens is 260 g/mol. The van der Waals surface area contributed by atoms with Crippen molar-refractivity contribution in [2.75, 3.05) is 23.8 Å². The lowest BCUT2D eigenvalue weighted by atomic mass is 10.1. The van der Waals surface area contributed by atoms with Crippen LogP contribution in [0.4, 0.5) is 11.8 Å². The van der Waals surface area contributed by atoms with E-state index in [1.807, 2.05) is 25.3 Å². The van der Waals surface area contributed by atoms with Gasteiger partial charge in [-0.15, -0.1) is 11.3 Å². The van der Waals surface area contributed by atoms with Gasteiger partial charge in [-0.3, -0.25) is 0 Å². The number of anilines is 2. The quantitative estimate of drug-likeness (QED) is 0.759. The van der Waals surface area contributed by atoms with Crippen LogP contribution in [0.25, 0.3) is 10.2 Å². The maximum absolute atomic E-state index is 9.37. The smallest absolute Gasteiger partial charge is 0.226 e. The Morgan fingerprint density at radius 2 is 2.16 bits per heavy atom. The maximum atomic E-state index is 9.37. The van der Waals surface area contributed by atoms with Gasteiger partial charge in [0, 0.05) is 6.54 Å². The summed E-state index contributed by atoms with van der Waals surface area (Å²) in [6.45, 7) is 6.86. The van der Waals surface area contributed by atoms with Gasteiger partial charge in [0.25, 0.3) is 0 Å². The van der Waals surface area contributed by atoms with E-state index in [1.54, 1.807) is 11.3 Å². The number of aromatic nitrogens is 2. The highest BCUT2D eigenvalue weighted by molar-refractivity contribution is 7.16. The Bertz CT molecular complexity index is 553. The minimum absolute atomic E-state index is 0.0420. The summed E-state index contributed by atoms with van der Waals surface area (Å²) >= 11 is 1.59. The second kappa shape index (κ2) is 5.71. The summed E-state index contributed by atoms with van der Waals surface area (Å²) < 4.78 is 0. The SMILES string of the molecule is CCCNc1nc(NC(C)(C)CO)c2ccsc2n1. The van der Waals surface area contributed by atoms with Crippen molar-refractivity contribution in [3.63, 3.8) is 0 Å². The lowest BCUT2D eigenvalue weighted by Gasteiger charge is -2.24. The molecule has 3 N–H and O–H groups in total. The molecule has 0 unspecified atom stereocenters. The molecule has 0 saturated carbocycles. The topological polar surface area (TPSA) is 70.1 Å². The summed E-state index contributed by atoms with van der Waals surface area (Å²) in [7, 11) is 0. The van der Waals surface area contributed by atoms with Gasteiger partial charge in [-0.2, -0.15) is 4.98 Å². The normalized spacial score (nSPS) is 11.8. The summed E-state index contributed by atoms with van der Waals surface area (Å²) in [6, 6.07) is 2.00. The molecule has 0 aliphatic heterocycles. The van der Waals surface area contributed by atoms with Crippen molar-refractivity contribution < 1.29 is 5.11 Å². The van der Waals surface area contributed by atoms with E-state index in [9.17, 15) is 5.11 Å². The van der Waals surface area contributed by atoms with Crippen LogP contribution in [0.3, 0.4) is 0 Å². The summed E-state index contributed by atoms with van der Waals surface area (Å²) in [6.07, 6.45) is 1.02. The summed E-state index contributed by atoms with van der Waals surface area (Å²) in [5.41, 5.74) is -0.411. The number of hydrogen-bond acceptors (Lipinski definition) is 6. The lowest BCUT2D eigenvalue weighted by Crippen LogP contribution is -2.35. The summed E-state index contributed by atoms with van der Waals surface area (Å²) in [5, 5.41) is 18.8. The molecule has 0 radical (unpaired) electrons. The van der Waals surface area contributed by atoms with Gasteiger partial charge in [-0.25, -0.2) is 4.98 Å². The molecule has 0 bridgehead atoms. The molecule has 6 heteroatoms. The highest BCUT2D eigenvalue weighted by atomic mass is 32.1. The Balaban J connectivity index is 2.36. The fourth-order valence-corrected chi connectivity index (χ4v) is 2.39. The first-order valence-electron chi connectivity index (χ1n) is 6.44. The third-order valence-electron chi connectivity index (χ3n) is 2.71. The molecule has 0 amide bonds. The number of aliphatic hydroxyl groups is 1. The number of rotatable bonds is 6. The van der Waals surface area contributed by atoms with E-state index in [1.165, 1.54) is 0 Å². The number of hydrogen-bond donors (Lipinski definition) is 3. The van der Waals surface area contributed by atoms with Gasteiger partial charge in [-0.05, 0) is 31.7 Å².